The van der Waals surface area contributed by atoms with Crippen LogP contribution in [-0.2, 0) is 15.6 Å². The molecule has 5 unspecified atom stereocenters. The average Bonchev–Trinajstić information content (AvgIpc) is 3.74. The average molecular weight is 800 g/mol. The molecule has 263 valence electrons. The molecule has 6 rings (SSSR count). The second-order valence-electron chi connectivity index (χ2n) is 15.8. The Morgan fingerprint density at radius 2 is 1.02 bits per heavy atom. The van der Waals surface area contributed by atoms with Crippen molar-refractivity contribution < 1.29 is 15.6 Å². The van der Waals surface area contributed by atoms with E-state index in [9.17, 15) is 0 Å². The third-order valence-electron chi connectivity index (χ3n) is 12.8. The predicted molar refractivity (Wildman–Crippen MR) is 223 cm³/mol. The summed E-state index contributed by atoms with van der Waals surface area (Å²) in [5, 5.41) is 0. The summed E-state index contributed by atoms with van der Waals surface area (Å²) < 4.78 is 0.202. The summed E-state index contributed by atoms with van der Waals surface area (Å²) in [5.41, 5.74) is 16.3. The fourth-order valence-electron chi connectivity index (χ4n) is 8.92. The van der Waals surface area contributed by atoms with Crippen LogP contribution in [0.5, 0.6) is 0 Å². The van der Waals surface area contributed by atoms with Crippen molar-refractivity contribution in [3.8, 4) is 22.3 Å². The van der Waals surface area contributed by atoms with Crippen molar-refractivity contribution in [1.82, 2.24) is 0 Å². The molecule has 5 atom stereocenters. The minimum absolute atomic E-state index is 0.0973. The molecule has 0 radical (unpaired) electrons. The van der Waals surface area contributed by atoms with Gasteiger partial charge in [0.1, 0.15) is 0 Å². The number of hydrogen-bond donors (Lipinski definition) is 0. The van der Waals surface area contributed by atoms with E-state index in [1.165, 1.54) is 66.8 Å². The number of allylic oxidation sites excluding steroid dienone is 2. The van der Waals surface area contributed by atoms with Crippen molar-refractivity contribution in [2.45, 2.75) is 106 Å². The van der Waals surface area contributed by atoms with E-state index in [4.69, 9.17) is 17.0 Å². The first kappa shape index (κ1) is 37.8. The van der Waals surface area contributed by atoms with E-state index in [2.05, 4.69) is 159 Å². The van der Waals surface area contributed by atoms with Crippen LogP contribution in [0.1, 0.15) is 127 Å². The van der Waals surface area contributed by atoms with Crippen molar-refractivity contribution in [3.63, 3.8) is 0 Å². The first-order valence-electron chi connectivity index (χ1n) is 19.3. The van der Waals surface area contributed by atoms with Gasteiger partial charge < -0.3 is 0 Å². The molecule has 4 aromatic rings. The summed E-state index contributed by atoms with van der Waals surface area (Å²) in [4.78, 5) is 0. The van der Waals surface area contributed by atoms with E-state index in [1.54, 1.807) is 0 Å². The van der Waals surface area contributed by atoms with Crippen LogP contribution in [0.25, 0.3) is 34.4 Å². The van der Waals surface area contributed by atoms with Crippen LogP contribution in [0.2, 0.25) is 13.1 Å². The van der Waals surface area contributed by atoms with Gasteiger partial charge >= 0.3 is 315 Å². The molecule has 0 spiro atoms. The fraction of sp³-hybridized carbons (Fsp3) is 0.391. The number of fused-ring (bicyclic) bond motifs is 2. The molecule has 0 amide bonds. The Bertz CT molecular complexity index is 1920. The van der Waals surface area contributed by atoms with Crippen molar-refractivity contribution in [2.24, 2.45) is 5.92 Å². The Morgan fingerprint density at radius 3 is 1.44 bits per heavy atom. The van der Waals surface area contributed by atoms with Crippen LogP contribution in [0.15, 0.2) is 96.1 Å². The van der Waals surface area contributed by atoms with Gasteiger partial charge in [0.15, 0.2) is 0 Å². The summed E-state index contributed by atoms with van der Waals surface area (Å²) in [6.07, 6.45) is 9.34. The molecule has 50 heavy (non-hydrogen) atoms. The molecule has 4 aromatic carbocycles. The fourth-order valence-corrected chi connectivity index (χ4v) is 40.4. The van der Waals surface area contributed by atoms with Crippen molar-refractivity contribution in [3.05, 3.63) is 129 Å². The van der Waals surface area contributed by atoms with Crippen molar-refractivity contribution in [2.75, 3.05) is 0 Å². The van der Waals surface area contributed by atoms with E-state index >= 15 is 0 Å². The second kappa shape index (κ2) is 14.8. The van der Waals surface area contributed by atoms with Gasteiger partial charge in [0.2, 0.25) is 0 Å². The van der Waals surface area contributed by atoms with Gasteiger partial charge in [0.05, 0.1) is 0 Å². The molecular weight excluding hydrogens is 743 g/mol. The number of hydrogen-bond acceptors (Lipinski definition) is 0. The van der Waals surface area contributed by atoms with E-state index in [1.807, 2.05) is 0 Å². The summed E-state index contributed by atoms with van der Waals surface area (Å²) in [6.45, 7) is 21.1. The first-order valence-corrected chi connectivity index (χ1v) is 35.7. The van der Waals surface area contributed by atoms with Gasteiger partial charge in [-0.05, 0) is 0 Å². The van der Waals surface area contributed by atoms with Gasteiger partial charge in [-0.15, -0.1) is 0 Å². The Morgan fingerprint density at radius 1 is 0.580 bits per heavy atom. The SMILES string of the molecule is CCC1=Cc2c(-c3ccc(C(C)CC)cc3)cccc2[CH]1[Zr]([Cl])([Cl])([CH]1C(C(C)CC)=Cc2c(-c3ccc(C(C)CC)cc3)cccc21)[SiH](C)C. The number of rotatable bonds is 12. The zero-order chi connectivity index (χ0) is 36.0. The number of halogens is 2. The van der Waals surface area contributed by atoms with E-state index in [0.717, 1.165) is 25.7 Å². The van der Waals surface area contributed by atoms with Crippen LogP contribution >= 0.6 is 17.0 Å². The Hall–Kier alpha value is -1.96. The summed E-state index contributed by atoms with van der Waals surface area (Å²) in [5.74, 6) is -0.126. The maximum absolute atomic E-state index is 8.76. The quantitative estimate of drug-likeness (QED) is 0.125. The van der Waals surface area contributed by atoms with Gasteiger partial charge in [-0.25, -0.2) is 0 Å². The zero-order valence-corrected chi connectivity index (χ0v) is 36.9. The molecule has 0 aliphatic heterocycles. The van der Waals surface area contributed by atoms with Gasteiger partial charge in [0.25, 0.3) is 0 Å². The predicted octanol–water partition coefficient (Wildman–Crippen LogP) is 15.1. The molecule has 0 fully saturated rings. The topological polar surface area (TPSA) is 0 Å². The van der Waals surface area contributed by atoms with Crippen LogP contribution in [0.4, 0.5) is 0 Å². The molecule has 2 aliphatic carbocycles. The van der Waals surface area contributed by atoms with Crippen LogP contribution < -0.4 is 0 Å². The molecule has 0 bridgehead atoms. The van der Waals surface area contributed by atoms with E-state index in [-0.39, 0.29) is 7.25 Å². The molecule has 0 saturated carbocycles. The van der Waals surface area contributed by atoms with Crippen LogP contribution in [-0.4, -0.2) is 5.92 Å². The second-order valence-corrected chi connectivity index (χ2v) is 58.3. The van der Waals surface area contributed by atoms with E-state index < -0.39 is 21.5 Å². The minimum atomic E-state index is -4.87. The maximum atomic E-state index is 8.76. The molecule has 0 aromatic heterocycles. The Labute approximate surface area is 312 Å². The zero-order valence-electron chi connectivity index (χ0n) is 31.8. The van der Waals surface area contributed by atoms with Crippen LogP contribution in [0.3, 0.4) is 0 Å². The van der Waals surface area contributed by atoms with Crippen LogP contribution in [0, 0.1) is 5.92 Å². The molecule has 0 N–H and O–H groups in total. The molecular formula is C46H57Cl2SiZr. The van der Waals surface area contributed by atoms with Gasteiger partial charge in [0, 0.05) is 0 Å². The number of benzene rings is 4. The molecule has 0 heterocycles. The first-order chi connectivity index (χ1) is 23.9. The van der Waals surface area contributed by atoms with Gasteiger partial charge in [-0.1, -0.05) is 0 Å². The molecule has 4 heteroatoms. The van der Waals surface area contributed by atoms with Crippen molar-refractivity contribution in [1.29, 1.82) is 0 Å². The monoisotopic (exact) mass is 797 g/mol. The molecule has 2 aliphatic rings. The van der Waals surface area contributed by atoms with E-state index in [0.29, 0.717) is 17.8 Å². The summed E-state index contributed by atoms with van der Waals surface area (Å²) >= 11 is -4.87. The van der Waals surface area contributed by atoms with Gasteiger partial charge in [-0.2, -0.15) is 0 Å². The Kier molecular flexibility index (Phi) is 11.2. The van der Waals surface area contributed by atoms with Crippen molar-refractivity contribution >= 4 is 35.1 Å². The third kappa shape index (κ3) is 6.27. The summed E-state index contributed by atoms with van der Waals surface area (Å²) in [6, 6.07) is 32.5. The summed E-state index contributed by atoms with van der Waals surface area (Å²) in [7, 11) is 17.5. The standard InChI is InChI=1S/C23H27.C21H23.C2H7Si.2ClH.Zr/c1-5-16(3)18-10-12-19(13-11-18)22-9-7-8-20-14-21(15-23(20)22)17(4)6-2;1-4-15(3)17-9-11-18(12-10-17)20-8-6-7-19-13-16(5-2)14-21(19)20;1-3-2;;;/h7-17H,5-6H2,1-4H3;6-15H,4-5H2,1-3H3;3H,1-2H3;2*1H;/q;;;;;+2/p-2. The molecule has 0 saturated heterocycles. The molecule has 0 nitrogen and oxygen atoms in total. The van der Waals surface area contributed by atoms with Gasteiger partial charge in [-0.3, -0.25) is 0 Å². The third-order valence-corrected chi connectivity index (χ3v) is 64.6. The normalized spacial score (nSPS) is 19.6. The Balaban J connectivity index is 1.53.